The number of thioether (sulfide) groups is 1. The molecule has 0 atom stereocenters. The third-order valence-electron chi connectivity index (χ3n) is 3.12. The molecule has 1 aliphatic rings. The van der Waals surface area contributed by atoms with Crippen LogP contribution >= 0.6 is 11.8 Å². The van der Waals surface area contributed by atoms with Crippen molar-refractivity contribution >= 4 is 21.8 Å². The summed E-state index contributed by atoms with van der Waals surface area (Å²) in [5, 5.41) is 9.74. The molecule has 0 radical (unpaired) electrons. The minimum atomic E-state index is -3.49. The van der Waals surface area contributed by atoms with Crippen LogP contribution in [0.1, 0.15) is 24.2 Å². The maximum atomic E-state index is 12.5. The van der Waals surface area contributed by atoms with Crippen molar-refractivity contribution in [3.8, 4) is 0 Å². The first-order chi connectivity index (χ1) is 9.04. The van der Waals surface area contributed by atoms with Gasteiger partial charge in [0.15, 0.2) is 0 Å². The molecule has 3 N–H and O–H groups in total. The van der Waals surface area contributed by atoms with Crippen molar-refractivity contribution < 1.29 is 8.42 Å². The Labute approximate surface area is 118 Å². The quantitative estimate of drug-likeness (QED) is 0.742. The van der Waals surface area contributed by atoms with Crippen molar-refractivity contribution in [1.29, 1.82) is 0 Å². The molecule has 1 saturated heterocycles. The monoisotopic (exact) mass is 304 g/mol. The van der Waals surface area contributed by atoms with Gasteiger partial charge in [0.2, 0.25) is 10.0 Å². The zero-order chi connectivity index (χ0) is 13.9. The van der Waals surface area contributed by atoms with Gasteiger partial charge in [-0.25, -0.2) is 13.1 Å². The van der Waals surface area contributed by atoms with Gasteiger partial charge in [0, 0.05) is 12.6 Å². The number of hydrogen-bond donors (Lipinski definition) is 3. The molecule has 1 aromatic heterocycles. The summed E-state index contributed by atoms with van der Waals surface area (Å²) in [6, 6.07) is 0.0444. The van der Waals surface area contributed by atoms with Crippen molar-refractivity contribution in [2.75, 3.05) is 18.6 Å². The summed E-state index contributed by atoms with van der Waals surface area (Å²) in [5.41, 5.74) is 1.13. The van der Waals surface area contributed by atoms with Crippen LogP contribution in [0.5, 0.6) is 0 Å². The van der Waals surface area contributed by atoms with Gasteiger partial charge in [0.1, 0.15) is 4.90 Å². The fourth-order valence-electron chi connectivity index (χ4n) is 2.21. The summed E-state index contributed by atoms with van der Waals surface area (Å²) < 4.78 is 27.8. The highest BCUT2D eigenvalue weighted by atomic mass is 32.2. The second-order valence-electron chi connectivity index (χ2n) is 4.66. The normalized spacial score (nSPS) is 17.8. The zero-order valence-electron chi connectivity index (χ0n) is 11.2. The molecule has 1 aromatic rings. The fourth-order valence-corrected chi connectivity index (χ4v) is 4.98. The van der Waals surface area contributed by atoms with E-state index < -0.39 is 10.0 Å². The van der Waals surface area contributed by atoms with E-state index in [1.54, 1.807) is 14.0 Å². The van der Waals surface area contributed by atoms with Crippen LogP contribution in [-0.2, 0) is 16.6 Å². The van der Waals surface area contributed by atoms with Gasteiger partial charge in [-0.2, -0.15) is 16.9 Å². The van der Waals surface area contributed by atoms with Gasteiger partial charge >= 0.3 is 0 Å². The van der Waals surface area contributed by atoms with Crippen LogP contribution in [0.25, 0.3) is 0 Å². The number of aryl methyl sites for hydroxylation is 1. The predicted octanol–water partition coefficient (Wildman–Crippen LogP) is 0.611. The first-order valence-electron chi connectivity index (χ1n) is 6.33. The van der Waals surface area contributed by atoms with Gasteiger partial charge in [-0.1, -0.05) is 0 Å². The zero-order valence-corrected chi connectivity index (χ0v) is 12.8. The third kappa shape index (κ3) is 3.50. The predicted molar refractivity (Wildman–Crippen MR) is 76.8 cm³/mol. The van der Waals surface area contributed by atoms with E-state index in [9.17, 15) is 8.42 Å². The van der Waals surface area contributed by atoms with Crippen LogP contribution in [0.15, 0.2) is 4.90 Å². The molecule has 2 rings (SSSR count). The summed E-state index contributed by atoms with van der Waals surface area (Å²) in [6.45, 7) is 2.17. The molecule has 6 nitrogen and oxygen atoms in total. The number of aromatic nitrogens is 2. The molecule has 0 aromatic carbocycles. The SMILES string of the molecule is CNCc1n[nH]c(C)c1S(=O)(=O)NC1CCSCC1. The van der Waals surface area contributed by atoms with E-state index in [4.69, 9.17) is 0 Å². The number of nitrogens with one attached hydrogen (secondary N) is 3. The molecule has 0 spiro atoms. The lowest BCUT2D eigenvalue weighted by Crippen LogP contribution is -2.37. The van der Waals surface area contributed by atoms with Crippen molar-refractivity contribution in [2.24, 2.45) is 0 Å². The number of nitrogens with zero attached hydrogens (tertiary/aromatic N) is 1. The molecule has 0 amide bonds. The van der Waals surface area contributed by atoms with Crippen LogP contribution in [-0.4, -0.2) is 43.2 Å². The summed E-state index contributed by atoms with van der Waals surface area (Å²) in [7, 11) is -1.72. The van der Waals surface area contributed by atoms with Crippen LogP contribution in [0.4, 0.5) is 0 Å². The van der Waals surface area contributed by atoms with Crippen molar-refractivity contribution in [1.82, 2.24) is 20.2 Å². The molecule has 0 unspecified atom stereocenters. The molecule has 1 aliphatic heterocycles. The molecule has 108 valence electrons. The van der Waals surface area contributed by atoms with E-state index in [2.05, 4.69) is 20.2 Å². The number of H-pyrrole nitrogens is 1. The number of hydrogen-bond acceptors (Lipinski definition) is 5. The average Bonchev–Trinajstić information content (AvgIpc) is 2.72. The summed E-state index contributed by atoms with van der Waals surface area (Å²) in [6.07, 6.45) is 1.78. The van der Waals surface area contributed by atoms with E-state index in [0.29, 0.717) is 22.8 Å². The lowest BCUT2D eigenvalue weighted by molar-refractivity contribution is 0.527. The highest BCUT2D eigenvalue weighted by Crippen LogP contribution is 2.22. The Kier molecular flexibility index (Phi) is 4.88. The Balaban J connectivity index is 2.20. The molecule has 19 heavy (non-hydrogen) atoms. The first-order valence-corrected chi connectivity index (χ1v) is 8.97. The van der Waals surface area contributed by atoms with Gasteiger partial charge < -0.3 is 5.32 Å². The van der Waals surface area contributed by atoms with E-state index in [1.165, 1.54) is 0 Å². The van der Waals surface area contributed by atoms with Crippen LogP contribution in [0.2, 0.25) is 0 Å². The van der Waals surface area contributed by atoms with Gasteiger partial charge in [-0.05, 0) is 38.3 Å². The average molecular weight is 304 g/mol. The molecule has 0 aliphatic carbocycles. The van der Waals surface area contributed by atoms with Crippen molar-refractivity contribution in [3.05, 3.63) is 11.4 Å². The Morgan fingerprint density at radius 2 is 2.11 bits per heavy atom. The minimum absolute atomic E-state index is 0.0444. The lowest BCUT2D eigenvalue weighted by Gasteiger charge is -2.22. The van der Waals surface area contributed by atoms with E-state index in [1.807, 2.05) is 11.8 Å². The Hall–Kier alpha value is -0.570. The maximum absolute atomic E-state index is 12.5. The van der Waals surface area contributed by atoms with Gasteiger partial charge in [0.05, 0.1) is 11.4 Å². The van der Waals surface area contributed by atoms with Crippen LogP contribution < -0.4 is 10.0 Å². The smallest absolute Gasteiger partial charge is 0.244 e. The topological polar surface area (TPSA) is 86.9 Å². The van der Waals surface area contributed by atoms with Crippen molar-refractivity contribution in [2.45, 2.75) is 37.2 Å². The number of aromatic amines is 1. The van der Waals surface area contributed by atoms with Crippen LogP contribution in [0.3, 0.4) is 0 Å². The van der Waals surface area contributed by atoms with E-state index in [-0.39, 0.29) is 6.04 Å². The standard InChI is InChI=1S/C11H20N4O2S2/c1-8-11(10(7-12-2)14-13-8)19(16,17)15-9-3-5-18-6-4-9/h9,12,15H,3-7H2,1-2H3,(H,13,14). The summed E-state index contributed by atoms with van der Waals surface area (Å²) in [4.78, 5) is 0.292. The number of rotatable bonds is 5. The maximum Gasteiger partial charge on any atom is 0.244 e. The number of sulfonamides is 1. The van der Waals surface area contributed by atoms with E-state index in [0.717, 1.165) is 24.3 Å². The van der Waals surface area contributed by atoms with E-state index >= 15 is 0 Å². The van der Waals surface area contributed by atoms with Crippen molar-refractivity contribution in [3.63, 3.8) is 0 Å². The molecule has 0 saturated carbocycles. The highest BCUT2D eigenvalue weighted by Gasteiger charge is 2.27. The molecule has 1 fully saturated rings. The molecular formula is C11H20N4O2S2. The second-order valence-corrected chi connectivity index (χ2v) is 7.54. The molecule has 8 heteroatoms. The van der Waals surface area contributed by atoms with Crippen LogP contribution in [0, 0.1) is 6.92 Å². The fraction of sp³-hybridized carbons (Fsp3) is 0.727. The largest absolute Gasteiger partial charge is 0.314 e. The van der Waals surface area contributed by atoms with Gasteiger partial charge in [-0.3, -0.25) is 5.10 Å². The summed E-state index contributed by atoms with van der Waals surface area (Å²) >= 11 is 1.87. The Morgan fingerprint density at radius 3 is 2.74 bits per heavy atom. The highest BCUT2D eigenvalue weighted by molar-refractivity contribution is 7.99. The second kappa shape index (κ2) is 6.25. The summed E-state index contributed by atoms with van der Waals surface area (Å²) in [5.74, 6) is 2.03. The van der Waals surface area contributed by atoms with Gasteiger partial charge in [-0.15, -0.1) is 0 Å². The third-order valence-corrected chi connectivity index (χ3v) is 5.89. The molecule has 0 bridgehead atoms. The Morgan fingerprint density at radius 1 is 1.42 bits per heavy atom. The minimum Gasteiger partial charge on any atom is -0.314 e. The Bertz CT molecular complexity index is 521. The lowest BCUT2D eigenvalue weighted by atomic mass is 10.2. The molecule has 2 heterocycles. The first kappa shape index (κ1) is 14.8. The molecular weight excluding hydrogens is 284 g/mol. The van der Waals surface area contributed by atoms with Gasteiger partial charge in [0.25, 0.3) is 0 Å².